The van der Waals surface area contributed by atoms with Gasteiger partial charge in [0.1, 0.15) is 5.69 Å². The van der Waals surface area contributed by atoms with Gasteiger partial charge < -0.3 is 16.0 Å². The monoisotopic (exact) mass is 281 g/mol. The van der Waals surface area contributed by atoms with Gasteiger partial charge in [0, 0.05) is 23.8 Å². The zero-order valence-corrected chi connectivity index (χ0v) is 11.7. The van der Waals surface area contributed by atoms with Gasteiger partial charge in [-0.3, -0.25) is 0 Å². The van der Waals surface area contributed by atoms with E-state index < -0.39 is 11.6 Å². The largest absolute Gasteiger partial charge is 0.399 e. The topological polar surface area (TPSA) is 41.3 Å². The molecule has 0 aromatic heterocycles. The Balaban J connectivity index is 1.76. The van der Waals surface area contributed by atoms with Crippen LogP contribution in [-0.4, -0.2) is 30.1 Å². The van der Waals surface area contributed by atoms with Crippen molar-refractivity contribution in [2.45, 2.75) is 50.2 Å². The van der Waals surface area contributed by atoms with E-state index in [-0.39, 0.29) is 17.4 Å². The number of fused-ring (bicyclic) bond motifs is 2. The van der Waals surface area contributed by atoms with Crippen LogP contribution in [0.15, 0.2) is 12.1 Å². The summed E-state index contributed by atoms with van der Waals surface area (Å²) in [6.07, 6.45) is 5.50. The second kappa shape index (κ2) is 5.20. The van der Waals surface area contributed by atoms with Gasteiger partial charge in [-0.05, 0) is 44.9 Å². The van der Waals surface area contributed by atoms with Gasteiger partial charge >= 0.3 is 0 Å². The number of nitrogen functional groups attached to an aromatic ring is 1. The second-order valence-corrected chi connectivity index (χ2v) is 6.08. The van der Waals surface area contributed by atoms with Crippen LogP contribution in [-0.2, 0) is 0 Å². The molecule has 0 spiro atoms. The predicted molar refractivity (Wildman–Crippen MR) is 76.6 cm³/mol. The summed E-state index contributed by atoms with van der Waals surface area (Å²) in [7, 11) is 2.16. The number of nitrogens with one attached hydrogen (secondary N) is 1. The maximum absolute atomic E-state index is 13.8. The number of nitrogens with two attached hydrogens (primary N) is 1. The summed E-state index contributed by atoms with van der Waals surface area (Å²) < 4.78 is 27.7. The standard InChI is InChI=1S/C15H21F2N3/c1-20-11-3-2-4-12(20)8-10(7-11)19-15-13(16)5-9(18)6-14(15)17/h5-6,10-12,19H,2-4,7-8,18H2,1H3. The van der Waals surface area contributed by atoms with Crippen LogP contribution in [0.1, 0.15) is 32.1 Å². The normalized spacial score (nSPS) is 30.2. The average molecular weight is 281 g/mol. The fraction of sp³-hybridized carbons (Fsp3) is 0.600. The zero-order chi connectivity index (χ0) is 14.3. The van der Waals surface area contributed by atoms with E-state index >= 15 is 0 Å². The van der Waals surface area contributed by atoms with Crippen molar-refractivity contribution in [3.8, 4) is 0 Å². The maximum atomic E-state index is 13.8. The van der Waals surface area contributed by atoms with Crippen LogP contribution in [0, 0.1) is 11.6 Å². The Hall–Kier alpha value is -1.36. The van der Waals surface area contributed by atoms with Crippen molar-refractivity contribution >= 4 is 11.4 Å². The lowest BCUT2D eigenvalue weighted by molar-refractivity contribution is 0.0607. The molecule has 3 N–H and O–H groups in total. The van der Waals surface area contributed by atoms with Crippen LogP contribution in [0.3, 0.4) is 0 Å². The number of hydrogen-bond acceptors (Lipinski definition) is 3. The summed E-state index contributed by atoms with van der Waals surface area (Å²) in [6, 6.07) is 3.52. The molecule has 0 saturated carbocycles. The van der Waals surface area contributed by atoms with Gasteiger partial charge in [-0.25, -0.2) is 8.78 Å². The fourth-order valence-electron chi connectivity index (χ4n) is 3.67. The molecule has 1 aromatic rings. The zero-order valence-electron chi connectivity index (χ0n) is 11.7. The molecule has 2 aliphatic heterocycles. The Morgan fingerprint density at radius 3 is 2.25 bits per heavy atom. The van der Waals surface area contributed by atoms with Gasteiger partial charge in [-0.2, -0.15) is 0 Å². The molecule has 2 aliphatic rings. The Bertz CT molecular complexity index is 469. The fourth-order valence-corrected chi connectivity index (χ4v) is 3.67. The Morgan fingerprint density at radius 2 is 1.70 bits per heavy atom. The highest BCUT2D eigenvalue weighted by Crippen LogP contribution is 2.34. The Kier molecular flexibility index (Phi) is 3.54. The molecule has 20 heavy (non-hydrogen) atoms. The molecule has 1 aromatic carbocycles. The number of piperidine rings is 2. The first-order valence-corrected chi connectivity index (χ1v) is 7.27. The Labute approximate surface area is 118 Å². The number of benzene rings is 1. The van der Waals surface area contributed by atoms with E-state index in [9.17, 15) is 8.78 Å². The molecular weight excluding hydrogens is 260 g/mol. The van der Waals surface area contributed by atoms with Gasteiger partial charge in [0.05, 0.1) is 0 Å². The third-order valence-corrected chi connectivity index (χ3v) is 4.75. The Morgan fingerprint density at radius 1 is 1.15 bits per heavy atom. The lowest BCUT2D eigenvalue weighted by Gasteiger charge is -2.47. The summed E-state index contributed by atoms with van der Waals surface area (Å²) in [5, 5.41) is 3.06. The van der Waals surface area contributed by atoms with E-state index in [0.717, 1.165) is 12.8 Å². The number of halogens is 2. The van der Waals surface area contributed by atoms with Crippen LogP contribution in [0.25, 0.3) is 0 Å². The second-order valence-electron chi connectivity index (χ2n) is 6.08. The molecule has 2 saturated heterocycles. The molecule has 2 heterocycles. The summed E-state index contributed by atoms with van der Waals surface area (Å²) in [4.78, 5) is 2.43. The van der Waals surface area contributed by atoms with Crippen LogP contribution < -0.4 is 11.1 Å². The first kappa shape index (κ1) is 13.6. The average Bonchev–Trinajstić information content (AvgIpc) is 2.34. The van der Waals surface area contributed by atoms with E-state index in [0.29, 0.717) is 12.1 Å². The van der Waals surface area contributed by atoms with E-state index in [1.165, 1.54) is 31.4 Å². The van der Waals surface area contributed by atoms with Crippen molar-refractivity contribution in [1.82, 2.24) is 4.90 Å². The van der Waals surface area contributed by atoms with Crippen LogP contribution in [0.5, 0.6) is 0 Å². The van der Waals surface area contributed by atoms with Crippen molar-refractivity contribution in [2.24, 2.45) is 0 Å². The van der Waals surface area contributed by atoms with Gasteiger partial charge in [0.15, 0.2) is 11.6 Å². The van der Waals surface area contributed by atoms with E-state index in [1.807, 2.05) is 0 Å². The highest BCUT2D eigenvalue weighted by Gasteiger charge is 2.36. The first-order valence-electron chi connectivity index (χ1n) is 7.27. The molecule has 2 unspecified atom stereocenters. The molecule has 3 nitrogen and oxygen atoms in total. The van der Waals surface area contributed by atoms with Crippen LogP contribution >= 0.6 is 0 Å². The van der Waals surface area contributed by atoms with Crippen molar-refractivity contribution in [3.05, 3.63) is 23.8 Å². The number of anilines is 2. The number of hydrogen-bond donors (Lipinski definition) is 2. The van der Waals surface area contributed by atoms with Gasteiger partial charge in [0.25, 0.3) is 0 Å². The summed E-state index contributed by atoms with van der Waals surface area (Å²) >= 11 is 0. The third kappa shape index (κ3) is 2.46. The molecule has 0 radical (unpaired) electrons. The summed E-state index contributed by atoms with van der Waals surface area (Å²) in [5.74, 6) is -1.21. The molecule has 2 atom stereocenters. The number of nitrogens with zero attached hydrogens (tertiary/aromatic N) is 1. The van der Waals surface area contributed by atoms with Crippen molar-refractivity contribution in [2.75, 3.05) is 18.1 Å². The first-order chi connectivity index (χ1) is 9.54. The minimum absolute atomic E-state index is 0.0353. The third-order valence-electron chi connectivity index (χ3n) is 4.75. The maximum Gasteiger partial charge on any atom is 0.151 e. The molecule has 2 fully saturated rings. The molecule has 110 valence electrons. The highest BCUT2D eigenvalue weighted by molar-refractivity contribution is 5.54. The molecule has 2 bridgehead atoms. The van der Waals surface area contributed by atoms with Gasteiger partial charge in [-0.1, -0.05) is 6.42 Å². The molecule has 0 aliphatic carbocycles. The number of rotatable bonds is 2. The minimum atomic E-state index is -0.605. The quantitative estimate of drug-likeness (QED) is 0.819. The van der Waals surface area contributed by atoms with E-state index in [4.69, 9.17) is 5.73 Å². The van der Waals surface area contributed by atoms with Gasteiger partial charge in [0.2, 0.25) is 0 Å². The molecular formula is C15H21F2N3. The smallest absolute Gasteiger partial charge is 0.151 e. The summed E-state index contributed by atoms with van der Waals surface area (Å²) in [5.41, 5.74) is 5.52. The highest BCUT2D eigenvalue weighted by atomic mass is 19.1. The lowest BCUT2D eigenvalue weighted by atomic mass is 9.82. The molecule has 0 amide bonds. The van der Waals surface area contributed by atoms with Crippen molar-refractivity contribution < 1.29 is 8.78 Å². The van der Waals surface area contributed by atoms with Crippen LogP contribution in [0.4, 0.5) is 20.2 Å². The lowest BCUT2D eigenvalue weighted by Crippen LogP contribution is -2.52. The van der Waals surface area contributed by atoms with Crippen molar-refractivity contribution in [3.63, 3.8) is 0 Å². The van der Waals surface area contributed by atoms with E-state index in [1.54, 1.807) is 0 Å². The predicted octanol–water partition coefficient (Wildman–Crippen LogP) is 2.97. The summed E-state index contributed by atoms with van der Waals surface area (Å²) in [6.45, 7) is 0. The molecule has 5 heteroatoms. The van der Waals surface area contributed by atoms with Gasteiger partial charge in [-0.15, -0.1) is 0 Å². The molecule has 3 rings (SSSR count). The van der Waals surface area contributed by atoms with Crippen molar-refractivity contribution in [1.29, 1.82) is 0 Å². The van der Waals surface area contributed by atoms with E-state index in [2.05, 4.69) is 17.3 Å². The van der Waals surface area contributed by atoms with Crippen LogP contribution in [0.2, 0.25) is 0 Å². The SMILES string of the molecule is CN1C2CCCC1CC(Nc1c(F)cc(N)cc1F)C2. The minimum Gasteiger partial charge on any atom is -0.399 e.